The molecule has 1 aromatic carbocycles. The van der Waals surface area contributed by atoms with Gasteiger partial charge >= 0.3 is 5.97 Å². The van der Waals surface area contributed by atoms with Crippen molar-refractivity contribution in [3.05, 3.63) is 45.0 Å². The summed E-state index contributed by atoms with van der Waals surface area (Å²) < 4.78 is 4.64. The molecule has 0 saturated heterocycles. The van der Waals surface area contributed by atoms with Crippen molar-refractivity contribution in [2.45, 2.75) is 0 Å². The van der Waals surface area contributed by atoms with Crippen molar-refractivity contribution in [3.8, 4) is 11.1 Å². The minimum absolute atomic E-state index is 0.0804. The fraction of sp³-hybridized carbons (Fsp3) is 0.0769. The van der Waals surface area contributed by atoms with Gasteiger partial charge in [0.1, 0.15) is 11.4 Å². The van der Waals surface area contributed by atoms with Crippen molar-refractivity contribution < 1.29 is 9.53 Å². The summed E-state index contributed by atoms with van der Waals surface area (Å²) in [6, 6.07) is 4.84. The molecular formula is C13H9Cl3N2O2. The summed E-state index contributed by atoms with van der Waals surface area (Å²) >= 11 is 18.0. The van der Waals surface area contributed by atoms with E-state index >= 15 is 0 Å². The van der Waals surface area contributed by atoms with Crippen molar-refractivity contribution in [2.75, 3.05) is 12.8 Å². The molecular weight excluding hydrogens is 323 g/mol. The lowest BCUT2D eigenvalue weighted by molar-refractivity contribution is 0.0601. The van der Waals surface area contributed by atoms with Gasteiger partial charge in [0.25, 0.3) is 0 Å². The maximum atomic E-state index is 11.6. The average Bonchev–Trinajstić information content (AvgIpc) is 2.45. The number of nitrogens with two attached hydrogens (primary N) is 1. The lowest BCUT2D eigenvalue weighted by Gasteiger charge is -2.09. The molecule has 4 nitrogen and oxygen atoms in total. The first-order valence-electron chi connectivity index (χ1n) is 5.43. The molecule has 0 aliphatic carbocycles. The molecule has 104 valence electrons. The van der Waals surface area contributed by atoms with Gasteiger partial charge in [-0.15, -0.1) is 0 Å². The smallest absolute Gasteiger partial charge is 0.341 e. The first-order valence-corrected chi connectivity index (χ1v) is 6.56. The van der Waals surface area contributed by atoms with Crippen molar-refractivity contribution in [1.82, 2.24) is 4.98 Å². The summed E-state index contributed by atoms with van der Waals surface area (Å²) in [4.78, 5) is 15.6. The van der Waals surface area contributed by atoms with Gasteiger partial charge < -0.3 is 10.5 Å². The minimum Gasteiger partial charge on any atom is -0.465 e. The molecule has 7 heteroatoms. The molecule has 2 N–H and O–H groups in total. The number of anilines is 1. The number of esters is 1. The maximum Gasteiger partial charge on any atom is 0.341 e. The van der Waals surface area contributed by atoms with Gasteiger partial charge in [-0.25, -0.2) is 9.78 Å². The molecule has 2 rings (SSSR count). The van der Waals surface area contributed by atoms with E-state index in [1.54, 1.807) is 18.2 Å². The first kappa shape index (κ1) is 14.9. The predicted molar refractivity (Wildman–Crippen MR) is 80.5 cm³/mol. The molecule has 0 aliphatic rings. The lowest BCUT2D eigenvalue weighted by Crippen LogP contribution is -2.07. The molecule has 0 amide bonds. The van der Waals surface area contributed by atoms with Gasteiger partial charge in [-0.3, -0.25) is 0 Å². The lowest BCUT2D eigenvalue weighted by atomic mass is 10.1. The van der Waals surface area contributed by atoms with E-state index in [-0.39, 0.29) is 21.4 Å². The van der Waals surface area contributed by atoms with Crippen molar-refractivity contribution in [3.63, 3.8) is 0 Å². The van der Waals surface area contributed by atoms with Gasteiger partial charge in [-0.2, -0.15) is 0 Å². The predicted octanol–water partition coefficient (Wildman–Crippen LogP) is 4.08. The highest BCUT2D eigenvalue weighted by molar-refractivity contribution is 6.49. The molecule has 2 aromatic rings. The topological polar surface area (TPSA) is 65.2 Å². The normalized spacial score (nSPS) is 10.4. The van der Waals surface area contributed by atoms with E-state index in [9.17, 15) is 4.79 Å². The van der Waals surface area contributed by atoms with E-state index in [0.29, 0.717) is 16.1 Å². The number of nitrogen functional groups attached to an aromatic ring is 1. The van der Waals surface area contributed by atoms with Crippen LogP contribution in [-0.2, 0) is 4.74 Å². The number of benzene rings is 1. The van der Waals surface area contributed by atoms with E-state index in [4.69, 9.17) is 40.5 Å². The largest absolute Gasteiger partial charge is 0.465 e. The Bertz CT molecular complexity index is 690. The Morgan fingerprint density at radius 3 is 2.60 bits per heavy atom. The number of nitrogens with zero attached hydrogens (tertiary/aromatic N) is 1. The number of methoxy groups -OCH3 is 1. The van der Waals surface area contributed by atoms with Crippen LogP contribution in [0.3, 0.4) is 0 Å². The molecule has 0 atom stereocenters. The van der Waals surface area contributed by atoms with Gasteiger partial charge in [0.2, 0.25) is 0 Å². The SMILES string of the molecule is COC(=O)c1cc(-c2ccc(Cl)c(Cl)c2Cl)cnc1N. The molecule has 0 saturated carbocycles. The molecule has 0 fully saturated rings. The second-order valence-electron chi connectivity index (χ2n) is 3.87. The van der Waals surface area contributed by atoms with Crippen LogP contribution in [0.25, 0.3) is 11.1 Å². The van der Waals surface area contributed by atoms with Gasteiger partial charge in [0.05, 0.1) is 22.2 Å². The summed E-state index contributed by atoms with van der Waals surface area (Å²) in [5.41, 5.74) is 6.99. The summed E-state index contributed by atoms with van der Waals surface area (Å²) in [5, 5.41) is 0.862. The van der Waals surface area contributed by atoms with Crippen molar-refractivity contribution >= 4 is 46.6 Å². The van der Waals surface area contributed by atoms with Gasteiger partial charge in [-0.1, -0.05) is 40.9 Å². The minimum atomic E-state index is -0.576. The van der Waals surface area contributed by atoms with Gasteiger partial charge in [0.15, 0.2) is 0 Å². The first-order chi connectivity index (χ1) is 9.45. The Hall–Kier alpha value is -1.49. The molecule has 0 bridgehead atoms. The molecule has 1 heterocycles. The van der Waals surface area contributed by atoms with Crippen LogP contribution in [0, 0.1) is 0 Å². The Kier molecular flexibility index (Phi) is 4.38. The number of hydrogen-bond donors (Lipinski definition) is 1. The molecule has 1 aromatic heterocycles. The quantitative estimate of drug-likeness (QED) is 0.665. The highest BCUT2D eigenvalue weighted by atomic mass is 35.5. The third kappa shape index (κ3) is 2.68. The van der Waals surface area contributed by atoms with E-state index < -0.39 is 5.97 Å². The van der Waals surface area contributed by atoms with Crippen LogP contribution in [0.4, 0.5) is 5.82 Å². The van der Waals surface area contributed by atoms with Crippen LogP contribution >= 0.6 is 34.8 Å². The number of ether oxygens (including phenoxy) is 1. The molecule has 0 unspecified atom stereocenters. The van der Waals surface area contributed by atoms with E-state index in [1.165, 1.54) is 13.3 Å². The average molecular weight is 332 g/mol. The number of aromatic nitrogens is 1. The fourth-order valence-corrected chi connectivity index (χ4v) is 2.29. The molecule has 0 spiro atoms. The summed E-state index contributed by atoms with van der Waals surface area (Å²) in [6.07, 6.45) is 1.49. The van der Waals surface area contributed by atoms with Gasteiger partial charge in [0, 0.05) is 17.3 Å². The standard InChI is InChI=1S/C13H9Cl3N2O2/c1-20-13(19)8-4-6(5-18-12(8)17)7-2-3-9(14)11(16)10(7)15/h2-5H,1H3,(H2,17,18). The summed E-state index contributed by atoms with van der Waals surface area (Å²) in [5.74, 6) is -0.496. The number of rotatable bonds is 2. The number of halogens is 3. The zero-order valence-electron chi connectivity index (χ0n) is 10.3. The van der Waals surface area contributed by atoms with Crippen LogP contribution in [0.2, 0.25) is 15.1 Å². The Morgan fingerprint density at radius 2 is 1.95 bits per heavy atom. The second kappa shape index (κ2) is 5.87. The van der Waals surface area contributed by atoms with Crippen molar-refractivity contribution in [1.29, 1.82) is 0 Å². The third-order valence-electron chi connectivity index (χ3n) is 2.67. The van der Waals surface area contributed by atoms with Crippen LogP contribution in [0.15, 0.2) is 24.4 Å². The summed E-state index contributed by atoms with van der Waals surface area (Å²) in [7, 11) is 1.26. The highest BCUT2D eigenvalue weighted by Crippen LogP contribution is 2.38. The zero-order chi connectivity index (χ0) is 14.9. The number of carbonyl (C=O) groups excluding carboxylic acids is 1. The number of pyridine rings is 1. The number of hydrogen-bond acceptors (Lipinski definition) is 4. The van der Waals surface area contributed by atoms with Crippen LogP contribution in [-0.4, -0.2) is 18.1 Å². The van der Waals surface area contributed by atoms with Crippen LogP contribution in [0.1, 0.15) is 10.4 Å². The highest BCUT2D eigenvalue weighted by Gasteiger charge is 2.16. The second-order valence-corrected chi connectivity index (χ2v) is 5.03. The molecule has 0 radical (unpaired) electrons. The molecule has 20 heavy (non-hydrogen) atoms. The maximum absolute atomic E-state index is 11.6. The monoisotopic (exact) mass is 330 g/mol. The fourth-order valence-electron chi connectivity index (χ4n) is 1.64. The third-order valence-corrected chi connectivity index (χ3v) is 3.96. The Balaban J connectivity index is 2.60. The van der Waals surface area contributed by atoms with E-state index in [2.05, 4.69) is 9.72 Å². The molecule has 0 aliphatic heterocycles. The van der Waals surface area contributed by atoms with Gasteiger partial charge in [-0.05, 0) is 12.1 Å². The Morgan fingerprint density at radius 1 is 1.25 bits per heavy atom. The zero-order valence-corrected chi connectivity index (χ0v) is 12.6. The Labute approximate surface area is 130 Å². The van der Waals surface area contributed by atoms with Crippen LogP contribution in [0.5, 0.6) is 0 Å². The van der Waals surface area contributed by atoms with Crippen LogP contribution < -0.4 is 5.73 Å². The van der Waals surface area contributed by atoms with E-state index in [1.807, 2.05) is 0 Å². The van der Waals surface area contributed by atoms with E-state index in [0.717, 1.165) is 0 Å². The number of carbonyl (C=O) groups is 1. The van der Waals surface area contributed by atoms with Crippen molar-refractivity contribution in [2.24, 2.45) is 0 Å². The summed E-state index contributed by atoms with van der Waals surface area (Å²) in [6.45, 7) is 0.